The molecule has 0 aliphatic heterocycles. The maximum atomic E-state index is 4.93. The van der Waals surface area contributed by atoms with Crippen LogP contribution in [0.4, 0.5) is 0 Å². The summed E-state index contributed by atoms with van der Waals surface area (Å²) in [5.41, 5.74) is 5.05. The molecule has 5 heteroatoms. The monoisotopic (exact) mass is 584 g/mol. The van der Waals surface area contributed by atoms with E-state index >= 15 is 0 Å². The molecule has 36 heavy (non-hydrogen) atoms. The first-order valence-corrected chi connectivity index (χ1v) is 18.0. The fraction of sp³-hybridized carbons (Fsp3) is 0.0323. The Balaban J connectivity index is 0.000000139. The van der Waals surface area contributed by atoms with E-state index in [9.17, 15) is 0 Å². The average molecular weight is 587 g/mol. The van der Waals surface area contributed by atoms with Crippen LogP contribution in [0.2, 0.25) is 0 Å². The van der Waals surface area contributed by atoms with Crippen LogP contribution in [0.15, 0.2) is 128 Å². The Hall–Kier alpha value is -2.84. The van der Waals surface area contributed by atoms with Gasteiger partial charge in [0.2, 0.25) is 0 Å². The molecule has 0 atom stereocenters. The fourth-order valence-corrected chi connectivity index (χ4v) is 4.75. The number of halogens is 2. The predicted molar refractivity (Wildman–Crippen MR) is 152 cm³/mol. The van der Waals surface area contributed by atoms with E-state index in [1.807, 2.05) is 12.1 Å². The fourth-order valence-electron chi connectivity index (χ4n) is 4.75. The average Bonchev–Trinajstić information content (AvgIpc) is 3.68. The molecule has 0 fully saturated rings. The molecule has 0 aliphatic rings. The molecule has 2 nitrogen and oxygen atoms in total. The van der Waals surface area contributed by atoms with Crippen LogP contribution in [0.1, 0.15) is 5.69 Å². The van der Waals surface area contributed by atoms with E-state index in [2.05, 4.69) is 132 Å². The Kier molecular flexibility index (Phi) is 7.92. The smallest absolute Gasteiger partial charge is 0.0203 e. The Bertz CT molecular complexity index is 1670. The second-order valence-electron chi connectivity index (χ2n) is 8.49. The van der Waals surface area contributed by atoms with Gasteiger partial charge in [0, 0.05) is 11.1 Å². The molecule has 0 aliphatic carbocycles. The molecule has 7 rings (SSSR count). The maximum absolute atomic E-state index is 4.93. The molecule has 7 aromatic rings. The minimum atomic E-state index is -0.826. The Morgan fingerprint density at radius 1 is 0.722 bits per heavy atom. The van der Waals surface area contributed by atoms with Gasteiger partial charge in [-0.05, 0) is 42.8 Å². The third kappa shape index (κ3) is 5.15. The summed E-state index contributed by atoms with van der Waals surface area (Å²) >= 11 is -0.826. The minimum absolute atomic E-state index is 0.826. The van der Waals surface area contributed by atoms with Gasteiger partial charge in [0.15, 0.2) is 0 Å². The second-order valence-corrected chi connectivity index (χ2v) is 12.2. The quantitative estimate of drug-likeness (QED) is 0.179. The van der Waals surface area contributed by atoms with E-state index in [0.717, 1.165) is 0 Å². The van der Waals surface area contributed by atoms with Gasteiger partial charge in [-0.25, -0.2) is 0 Å². The van der Waals surface area contributed by atoms with Crippen molar-refractivity contribution in [1.29, 1.82) is 0 Å². The number of rotatable bonds is 2. The Labute approximate surface area is 229 Å². The summed E-state index contributed by atoms with van der Waals surface area (Å²) in [6.07, 6.45) is 4.14. The van der Waals surface area contributed by atoms with Crippen molar-refractivity contribution in [2.45, 2.75) is 6.92 Å². The van der Waals surface area contributed by atoms with Crippen LogP contribution in [0.25, 0.3) is 43.8 Å². The molecule has 0 amide bonds. The first-order chi connectivity index (χ1) is 17.7. The van der Waals surface area contributed by atoms with Crippen molar-refractivity contribution in [3.63, 3.8) is 0 Å². The number of hydrogen-bond donors (Lipinski definition) is 0. The van der Waals surface area contributed by atoms with Crippen LogP contribution in [-0.4, -0.2) is 9.13 Å². The molecule has 0 bridgehead atoms. The van der Waals surface area contributed by atoms with E-state index in [0.29, 0.717) is 0 Å². The molecule has 5 aromatic carbocycles. The third-order valence-corrected chi connectivity index (χ3v) is 6.30. The second kappa shape index (κ2) is 11.5. The van der Waals surface area contributed by atoms with Crippen LogP contribution in [0.5, 0.6) is 0 Å². The summed E-state index contributed by atoms with van der Waals surface area (Å²) in [5, 5.41) is 6.51. The summed E-state index contributed by atoms with van der Waals surface area (Å²) in [6, 6.07) is 40.7. The third-order valence-electron chi connectivity index (χ3n) is 6.30. The van der Waals surface area contributed by atoms with E-state index in [-0.39, 0.29) is 0 Å². The molecule has 2 aromatic heterocycles. The van der Waals surface area contributed by atoms with Crippen molar-refractivity contribution >= 4 is 49.5 Å². The summed E-state index contributed by atoms with van der Waals surface area (Å²) in [7, 11) is 9.87. The SMILES string of the molecule is Cc1cc2ccccc2n1-c1cc2ccccc2[cH-]1.[Cl][Zr+2][Cl].c1ccc2c(c1)cc[c-]2-n1cccc1. The molecule has 0 saturated heterocycles. The number of para-hydroxylation sites is 1. The van der Waals surface area contributed by atoms with Crippen molar-refractivity contribution in [3.05, 3.63) is 133 Å². The first-order valence-electron chi connectivity index (χ1n) is 11.7. The van der Waals surface area contributed by atoms with Crippen LogP contribution in [-0.2, 0) is 20.8 Å². The van der Waals surface area contributed by atoms with Gasteiger partial charge in [-0.1, -0.05) is 71.4 Å². The number of aryl methyl sites for hydroxylation is 1. The zero-order valence-corrected chi connectivity index (χ0v) is 23.7. The molecule has 0 radical (unpaired) electrons. The number of aromatic nitrogens is 2. The van der Waals surface area contributed by atoms with Crippen LogP contribution in [0.3, 0.4) is 0 Å². The van der Waals surface area contributed by atoms with Crippen molar-refractivity contribution in [2.75, 3.05) is 0 Å². The Morgan fingerprint density at radius 3 is 2.11 bits per heavy atom. The van der Waals surface area contributed by atoms with Crippen LogP contribution >= 0.6 is 17.0 Å². The molecular weight excluding hydrogens is 562 g/mol. The first kappa shape index (κ1) is 24.8. The van der Waals surface area contributed by atoms with Gasteiger partial charge in [0.25, 0.3) is 0 Å². The van der Waals surface area contributed by atoms with Gasteiger partial charge < -0.3 is 9.13 Å². The van der Waals surface area contributed by atoms with Crippen molar-refractivity contribution in [2.24, 2.45) is 0 Å². The number of fused-ring (bicyclic) bond motifs is 3. The van der Waals surface area contributed by atoms with E-state index in [1.54, 1.807) is 0 Å². The molecule has 2 heterocycles. The zero-order valence-electron chi connectivity index (χ0n) is 19.8. The zero-order chi connectivity index (χ0) is 24.9. The summed E-state index contributed by atoms with van der Waals surface area (Å²) in [4.78, 5) is 0. The summed E-state index contributed by atoms with van der Waals surface area (Å²) < 4.78 is 4.47. The van der Waals surface area contributed by atoms with Crippen molar-refractivity contribution in [3.8, 4) is 11.4 Å². The Morgan fingerprint density at radius 2 is 1.36 bits per heavy atom. The normalized spacial score (nSPS) is 10.5. The number of nitrogens with zero attached hydrogens (tertiary/aromatic N) is 2. The number of benzene rings is 3. The summed E-state index contributed by atoms with van der Waals surface area (Å²) in [6.45, 7) is 2.16. The van der Waals surface area contributed by atoms with E-state index < -0.39 is 20.8 Å². The van der Waals surface area contributed by atoms with Gasteiger partial charge in [0.1, 0.15) is 0 Å². The van der Waals surface area contributed by atoms with Gasteiger partial charge >= 0.3 is 37.9 Å². The van der Waals surface area contributed by atoms with Crippen molar-refractivity contribution < 1.29 is 20.8 Å². The molecular formula is C31H24Cl2N2Zr. The van der Waals surface area contributed by atoms with Crippen molar-refractivity contribution in [1.82, 2.24) is 9.13 Å². The van der Waals surface area contributed by atoms with Crippen LogP contribution in [0, 0.1) is 6.92 Å². The largest absolute Gasteiger partial charge is 0.403 e. The topological polar surface area (TPSA) is 9.86 Å². The maximum Gasteiger partial charge on any atom is -0.0203 e. The van der Waals surface area contributed by atoms with Gasteiger partial charge in [-0.2, -0.15) is 0 Å². The van der Waals surface area contributed by atoms with Gasteiger partial charge in [-0.15, -0.1) is 53.2 Å². The molecule has 0 saturated carbocycles. The summed E-state index contributed by atoms with van der Waals surface area (Å²) in [5.74, 6) is 0. The van der Waals surface area contributed by atoms with Gasteiger partial charge in [0.05, 0.1) is 5.52 Å². The predicted octanol–water partition coefficient (Wildman–Crippen LogP) is 9.54. The minimum Gasteiger partial charge on any atom is -0.403 e. The molecule has 0 spiro atoms. The molecule has 0 unspecified atom stereocenters. The standard InChI is InChI=1S/C18H14N.C13H10N.2ClH.Zr/c1-13-10-16-8-4-5-9-18(16)19(13)17-11-14-6-2-3-7-15(14)12-17;1-2-6-12-11(5-1)7-8-13(12)14-9-3-4-10-14;;;/h2-12H,1H3;1-10H;2*1H;/q2*-1;;;+4/p-2. The van der Waals surface area contributed by atoms with Gasteiger partial charge in [-0.3, -0.25) is 0 Å². The molecule has 0 N–H and O–H groups in total. The molecule has 176 valence electrons. The van der Waals surface area contributed by atoms with E-state index in [4.69, 9.17) is 17.0 Å². The van der Waals surface area contributed by atoms with E-state index in [1.165, 1.54) is 49.5 Å². The number of hydrogen-bond acceptors (Lipinski definition) is 0. The van der Waals surface area contributed by atoms with Crippen LogP contribution < -0.4 is 0 Å².